The summed E-state index contributed by atoms with van der Waals surface area (Å²) in [4.78, 5) is 12.9. The quantitative estimate of drug-likeness (QED) is 0.476. The minimum absolute atomic E-state index is 0.0569. The number of carbonyl (C=O) groups excluding carboxylic acids is 1. The molecule has 3 atom stereocenters. The number of allylic oxidation sites excluding steroid dienone is 1. The summed E-state index contributed by atoms with van der Waals surface area (Å²) in [6.45, 7) is 16.3. The fraction of sp³-hybridized carbons (Fsp3) is 0.850. The normalized spacial score (nSPS) is 31.3. The van der Waals surface area contributed by atoms with E-state index in [0.29, 0.717) is 25.9 Å². The van der Waals surface area contributed by atoms with E-state index in [2.05, 4.69) is 40.4 Å². The smallest absolute Gasteiger partial charge is 0.192 e. The van der Waals surface area contributed by atoms with Gasteiger partial charge in [-0.1, -0.05) is 26.8 Å². The number of ether oxygens (including phenoxy) is 2. The van der Waals surface area contributed by atoms with Crippen molar-refractivity contribution in [2.75, 3.05) is 13.2 Å². The largest absolute Gasteiger partial charge is 0.416 e. The fourth-order valence-corrected chi connectivity index (χ4v) is 4.45. The highest BCUT2D eigenvalue weighted by atomic mass is 28.4. The SMILES string of the molecule is C=CC[C@@]1(CO[Si](C)(C)C(C)(C)C)C[C@@H](OC2CCCCO2)CC1=O. The molecule has 1 unspecified atom stereocenters. The average molecular weight is 369 g/mol. The van der Waals surface area contributed by atoms with Gasteiger partial charge in [-0.15, -0.1) is 6.58 Å². The van der Waals surface area contributed by atoms with Crippen molar-refractivity contribution in [2.24, 2.45) is 5.41 Å². The van der Waals surface area contributed by atoms with Crippen LogP contribution in [0.1, 0.15) is 59.3 Å². The number of carbonyl (C=O) groups is 1. The van der Waals surface area contributed by atoms with Gasteiger partial charge in [-0.25, -0.2) is 0 Å². The van der Waals surface area contributed by atoms with Crippen LogP contribution in [0.5, 0.6) is 0 Å². The first-order chi connectivity index (χ1) is 11.6. The van der Waals surface area contributed by atoms with Crippen molar-refractivity contribution in [1.82, 2.24) is 0 Å². The Morgan fingerprint density at radius 1 is 1.36 bits per heavy atom. The summed E-state index contributed by atoms with van der Waals surface area (Å²) in [5.74, 6) is 0.256. The van der Waals surface area contributed by atoms with Crippen molar-refractivity contribution >= 4 is 14.1 Å². The molecule has 0 N–H and O–H groups in total. The summed E-state index contributed by atoms with van der Waals surface area (Å²) < 4.78 is 18.2. The van der Waals surface area contributed by atoms with E-state index in [9.17, 15) is 4.79 Å². The van der Waals surface area contributed by atoms with E-state index >= 15 is 0 Å². The standard InChI is InChI=1S/C20H36O4Si/c1-7-11-20(15-23-25(5,6)19(2,3)4)14-16(13-17(20)21)24-18-10-8-9-12-22-18/h7,16,18H,1,8-15H2,2-6H3/t16-,18?,20-/m0/s1. The molecule has 1 saturated heterocycles. The molecule has 5 heteroatoms. The number of hydrogen-bond acceptors (Lipinski definition) is 4. The van der Waals surface area contributed by atoms with Crippen molar-refractivity contribution in [1.29, 1.82) is 0 Å². The number of Topliss-reactive ketones (excluding diaryl/α,β-unsaturated/α-hetero) is 1. The molecular formula is C20H36O4Si. The van der Waals surface area contributed by atoms with Crippen LogP contribution in [0.4, 0.5) is 0 Å². The lowest BCUT2D eigenvalue weighted by Gasteiger charge is -2.39. The van der Waals surface area contributed by atoms with Gasteiger partial charge in [-0.05, 0) is 50.2 Å². The van der Waals surface area contributed by atoms with Crippen molar-refractivity contribution < 1.29 is 18.7 Å². The highest BCUT2D eigenvalue weighted by Crippen LogP contribution is 2.44. The zero-order valence-electron chi connectivity index (χ0n) is 16.7. The second kappa shape index (κ2) is 8.03. The predicted molar refractivity (Wildman–Crippen MR) is 103 cm³/mol. The molecule has 0 spiro atoms. The lowest BCUT2D eigenvalue weighted by Crippen LogP contribution is -2.45. The van der Waals surface area contributed by atoms with Crippen molar-refractivity contribution in [3.63, 3.8) is 0 Å². The second-order valence-electron chi connectivity index (χ2n) is 9.21. The van der Waals surface area contributed by atoms with Crippen LogP contribution in [0.25, 0.3) is 0 Å². The van der Waals surface area contributed by atoms with Gasteiger partial charge in [0.2, 0.25) is 0 Å². The molecule has 0 amide bonds. The highest BCUT2D eigenvalue weighted by Gasteiger charge is 2.49. The van der Waals surface area contributed by atoms with Gasteiger partial charge in [0.25, 0.3) is 0 Å². The van der Waals surface area contributed by atoms with E-state index < -0.39 is 13.7 Å². The molecule has 1 aliphatic carbocycles. The molecule has 2 aliphatic rings. The topological polar surface area (TPSA) is 44.8 Å². The van der Waals surface area contributed by atoms with Gasteiger partial charge < -0.3 is 13.9 Å². The Bertz CT molecular complexity index is 477. The number of ketones is 1. The maximum absolute atomic E-state index is 12.9. The van der Waals surface area contributed by atoms with E-state index in [1.54, 1.807) is 0 Å². The van der Waals surface area contributed by atoms with Gasteiger partial charge in [0.15, 0.2) is 14.6 Å². The van der Waals surface area contributed by atoms with Crippen LogP contribution in [0, 0.1) is 5.41 Å². The van der Waals surface area contributed by atoms with E-state index in [1.807, 2.05) is 6.08 Å². The molecule has 1 saturated carbocycles. The van der Waals surface area contributed by atoms with E-state index in [0.717, 1.165) is 25.9 Å². The third kappa shape index (κ3) is 5.03. The third-order valence-electron chi connectivity index (χ3n) is 6.16. The molecule has 1 heterocycles. The van der Waals surface area contributed by atoms with Gasteiger partial charge in [0.05, 0.1) is 11.5 Å². The summed E-state index contributed by atoms with van der Waals surface area (Å²) in [6, 6.07) is 0. The van der Waals surface area contributed by atoms with Crippen LogP contribution in [0.2, 0.25) is 18.1 Å². The van der Waals surface area contributed by atoms with Gasteiger partial charge in [0, 0.05) is 19.6 Å². The molecule has 2 rings (SSSR count). The van der Waals surface area contributed by atoms with Crippen molar-refractivity contribution in [3.05, 3.63) is 12.7 Å². The van der Waals surface area contributed by atoms with Gasteiger partial charge >= 0.3 is 0 Å². The minimum atomic E-state index is -1.89. The van der Waals surface area contributed by atoms with Crippen LogP contribution < -0.4 is 0 Å². The highest BCUT2D eigenvalue weighted by molar-refractivity contribution is 6.74. The molecule has 2 fully saturated rings. The molecular weight excluding hydrogens is 332 g/mol. The third-order valence-corrected chi connectivity index (χ3v) is 10.6. The monoisotopic (exact) mass is 368 g/mol. The summed E-state index contributed by atoms with van der Waals surface area (Å²) in [7, 11) is -1.89. The maximum Gasteiger partial charge on any atom is 0.192 e. The molecule has 0 aromatic heterocycles. The van der Waals surface area contributed by atoms with E-state index in [-0.39, 0.29) is 23.2 Å². The van der Waals surface area contributed by atoms with Crippen LogP contribution in [-0.2, 0) is 18.7 Å². The van der Waals surface area contributed by atoms with Gasteiger partial charge in [-0.2, -0.15) is 0 Å². The Hall–Kier alpha value is -0.493. The molecule has 0 aromatic carbocycles. The van der Waals surface area contributed by atoms with Gasteiger partial charge in [0.1, 0.15) is 5.78 Å². The lowest BCUT2D eigenvalue weighted by molar-refractivity contribution is -0.188. The summed E-state index contributed by atoms with van der Waals surface area (Å²) >= 11 is 0. The Balaban J connectivity index is 2.02. The zero-order valence-corrected chi connectivity index (χ0v) is 17.7. The molecule has 0 aromatic rings. The Morgan fingerprint density at radius 3 is 2.64 bits per heavy atom. The number of hydrogen-bond donors (Lipinski definition) is 0. The van der Waals surface area contributed by atoms with Crippen LogP contribution in [0.3, 0.4) is 0 Å². The summed E-state index contributed by atoms with van der Waals surface area (Å²) in [5.41, 5.74) is -0.476. The first-order valence-electron chi connectivity index (χ1n) is 9.65. The predicted octanol–water partition coefficient (Wildman–Crippen LogP) is 4.85. The minimum Gasteiger partial charge on any atom is -0.416 e. The number of rotatable bonds is 7. The Labute approximate surface area is 154 Å². The molecule has 0 bridgehead atoms. The zero-order chi connectivity index (χ0) is 18.7. The van der Waals surface area contributed by atoms with E-state index in [4.69, 9.17) is 13.9 Å². The summed E-state index contributed by atoms with van der Waals surface area (Å²) in [5, 5.41) is 0.135. The fourth-order valence-electron chi connectivity index (χ4n) is 3.38. The van der Waals surface area contributed by atoms with Crippen molar-refractivity contribution in [2.45, 2.75) is 89.8 Å². The molecule has 4 nitrogen and oxygen atoms in total. The van der Waals surface area contributed by atoms with Crippen molar-refractivity contribution in [3.8, 4) is 0 Å². The van der Waals surface area contributed by atoms with Crippen LogP contribution >= 0.6 is 0 Å². The van der Waals surface area contributed by atoms with Gasteiger partial charge in [-0.3, -0.25) is 4.79 Å². The molecule has 1 aliphatic heterocycles. The maximum atomic E-state index is 12.9. The van der Waals surface area contributed by atoms with Crippen LogP contribution in [0.15, 0.2) is 12.7 Å². The second-order valence-corrected chi connectivity index (χ2v) is 14.0. The Morgan fingerprint density at radius 2 is 2.08 bits per heavy atom. The van der Waals surface area contributed by atoms with E-state index in [1.165, 1.54) is 0 Å². The first-order valence-corrected chi connectivity index (χ1v) is 12.6. The van der Waals surface area contributed by atoms with Crippen LogP contribution in [-0.4, -0.2) is 39.7 Å². The molecule has 0 radical (unpaired) electrons. The summed E-state index contributed by atoms with van der Waals surface area (Å²) in [6.07, 6.45) is 6.66. The lowest BCUT2D eigenvalue weighted by atomic mass is 9.82. The molecule has 144 valence electrons. The average Bonchev–Trinajstić information content (AvgIpc) is 2.82. The molecule has 25 heavy (non-hydrogen) atoms. The Kier molecular flexibility index (Phi) is 6.69. The first kappa shape index (κ1) is 20.8.